The van der Waals surface area contributed by atoms with E-state index in [1.165, 1.54) is 48.4 Å². The van der Waals surface area contributed by atoms with Crippen molar-refractivity contribution in [2.24, 2.45) is 0 Å². The minimum atomic E-state index is -5.15. The van der Waals surface area contributed by atoms with E-state index in [4.69, 9.17) is 9.47 Å². The van der Waals surface area contributed by atoms with Crippen molar-refractivity contribution in [2.75, 3.05) is 23.9 Å². The number of aromatic carboxylic acids is 1. The lowest BCUT2D eigenvalue weighted by molar-refractivity contribution is -0.158. The molecule has 0 saturated carbocycles. The number of ether oxygens (including phenoxy) is 2. The van der Waals surface area contributed by atoms with Gasteiger partial charge in [0.1, 0.15) is 17.2 Å². The molecular formula is C37H35F5N4O8. The van der Waals surface area contributed by atoms with Gasteiger partial charge in [0.25, 0.3) is 11.8 Å². The first-order valence-electron chi connectivity index (χ1n) is 16.3. The standard InChI is InChI=1S/C37H35F5N4O8/c1-35(2,3)54-34(50)45(19-29-30(13-14-31(44-29)53-4)46-32(47)22-9-5-6-10-24(22)37(46,51)52)15-7-8-20-16-21(38)11-12-27(20)43-28-18-25(36(40,41)42)26(39)17-23(28)33(48)49/h5-6,9-14,16-18,43,51-52H,7-8,15,19H2,1-4H3,(H,48,49). The second-order valence-corrected chi connectivity index (χ2v) is 13.3. The van der Waals surface area contributed by atoms with E-state index in [0.29, 0.717) is 6.07 Å². The molecule has 3 aromatic carbocycles. The summed E-state index contributed by atoms with van der Waals surface area (Å²) in [6.07, 6.45) is -5.97. The van der Waals surface area contributed by atoms with Gasteiger partial charge >= 0.3 is 18.2 Å². The maximum absolute atomic E-state index is 14.5. The van der Waals surface area contributed by atoms with Gasteiger partial charge in [-0.1, -0.05) is 18.2 Å². The molecule has 4 N–H and O–H groups in total. The fourth-order valence-electron chi connectivity index (χ4n) is 5.84. The summed E-state index contributed by atoms with van der Waals surface area (Å²) in [6.45, 7) is 4.37. The molecular weight excluding hydrogens is 723 g/mol. The smallest absolute Gasteiger partial charge is 0.419 e. The van der Waals surface area contributed by atoms with Gasteiger partial charge in [0.15, 0.2) is 0 Å². The number of hydrogen-bond donors (Lipinski definition) is 4. The van der Waals surface area contributed by atoms with Gasteiger partial charge in [-0.15, -0.1) is 0 Å². The average Bonchev–Trinajstić information content (AvgIpc) is 3.28. The number of alkyl halides is 3. The Balaban J connectivity index is 1.46. The third-order valence-electron chi connectivity index (χ3n) is 8.25. The number of amides is 2. The lowest BCUT2D eigenvalue weighted by Crippen LogP contribution is -2.45. The normalized spacial score (nSPS) is 13.8. The van der Waals surface area contributed by atoms with Gasteiger partial charge in [0.2, 0.25) is 5.88 Å². The number of rotatable bonds is 11. The van der Waals surface area contributed by atoms with Gasteiger partial charge in [-0.05, 0) is 81.6 Å². The molecule has 2 heterocycles. The van der Waals surface area contributed by atoms with Gasteiger partial charge in [-0.2, -0.15) is 13.2 Å². The summed E-state index contributed by atoms with van der Waals surface area (Å²) in [4.78, 5) is 45.2. The van der Waals surface area contributed by atoms with Crippen LogP contribution in [0.2, 0.25) is 0 Å². The number of carboxylic acid groups (broad SMARTS) is 1. The number of aliphatic hydroxyl groups is 2. The van der Waals surface area contributed by atoms with Gasteiger partial charge in [-0.25, -0.2) is 28.3 Å². The Morgan fingerprint density at radius 3 is 2.31 bits per heavy atom. The number of carbonyl (C=O) groups is 3. The summed E-state index contributed by atoms with van der Waals surface area (Å²) >= 11 is 0. The number of benzene rings is 3. The van der Waals surface area contributed by atoms with Crippen LogP contribution in [0.1, 0.15) is 70.3 Å². The summed E-state index contributed by atoms with van der Waals surface area (Å²) < 4.78 is 80.2. The number of aromatic nitrogens is 1. The van der Waals surface area contributed by atoms with Crippen LogP contribution in [0.15, 0.2) is 66.7 Å². The van der Waals surface area contributed by atoms with Gasteiger partial charge in [0, 0.05) is 23.9 Å². The van der Waals surface area contributed by atoms with E-state index in [1.807, 2.05) is 0 Å². The number of carboxylic acids is 1. The van der Waals surface area contributed by atoms with Gasteiger partial charge in [-0.3, -0.25) is 4.79 Å². The first kappa shape index (κ1) is 39.4. The molecule has 1 aliphatic rings. The predicted molar refractivity (Wildman–Crippen MR) is 183 cm³/mol. The lowest BCUT2D eigenvalue weighted by Gasteiger charge is -2.32. The summed E-state index contributed by atoms with van der Waals surface area (Å²) in [7, 11) is 1.33. The molecule has 0 spiro atoms. The van der Waals surface area contributed by atoms with Crippen molar-refractivity contribution >= 4 is 35.0 Å². The lowest BCUT2D eigenvalue weighted by atomic mass is 10.0. The van der Waals surface area contributed by atoms with Crippen LogP contribution >= 0.6 is 0 Å². The van der Waals surface area contributed by atoms with E-state index < -0.39 is 64.1 Å². The van der Waals surface area contributed by atoms with Crippen molar-refractivity contribution < 1.29 is 61.1 Å². The molecule has 2 amide bonds. The molecule has 0 fully saturated rings. The third kappa shape index (κ3) is 8.36. The maximum Gasteiger partial charge on any atom is 0.419 e. The van der Waals surface area contributed by atoms with Crippen LogP contribution in [0.5, 0.6) is 5.88 Å². The number of fused-ring (bicyclic) bond motifs is 1. The molecule has 54 heavy (non-hydrogen) atoms. The monoisotopic (exact) mass is 758 g/mol. The van der Waals surface area contributed by atoms with Crippen molar-refractivity contribution in [1.82, 2.24) is 9.88 Å². The van der Waals surface area contributed by atoms with Crippen LogP contribution in [0.4, 0.5) is 43.8 Å². The van der Waals surface area contributed by atoms with Gasteiger partial charge in [0.05, 0.1) is 47.4 Å². The highest BCUT2D eigenvalue weighted by Crippen LogP contribution is 2.41. The summed E-state index contributed by atoms with van der Waals surface area (Å²) in [5.74, 6) is -7.72. The molecule has 17 heteroatoms. The molecule has 12 nitrogen and oxygen atoms in total. The zero-order chi connectivity index (χ0) is 39.7. The van der Waals surface area contributed by atoms with Crippen LogP contribution < -0.4 is 15.0 Å². The quantitative estimate of drug-likeness (QED) is 0.0930. The molecule has 4 aromatic rings. The van der Waals surface area contributed by atoms with E-state index in [-0.39, 0.29) is 71.6 Å². The van der Waals surface area contributed by atoms with Crippen LogP contribution in [-0.4, -0.2) is 62.4 Å². The minimum absolute atomic E-state index is 0.0000646. The number of nitrogens with one attached hydrogen (secondary N) is 1. The Hall–Kier alpha value is -5.81. The van der Waals surface area contributed by atoms with Crippen molar-refractivity contribution in [1.29, 1.82) is 0 Å². The second-order valence-electron chi connectivity index (χ2n) is 13.3. The number of methoxy groups -OCH3 is 1. The highest BCUT2D eigenvalue weighted by atomic mass is 19.4. The summed E-state index contributed by atoms with van der Waals surface area (Å²) in [5.41, 5.74) is -4.04. The van der Waals surface area contributed by atoms with E-state index in [9.17, 15) is 51.7 Å². The Bertz CT molecular complexity index is 2100. The topological polar surface area (TPSA) is 162 Å². The van der Waals surface area contributed by atoms with E-state index >= 15 is 0 Å². The molecule has 0 saturated heterocycles. The number of nitrogens with zero attached hydrogens (tertiary/aromatic N) is 3. The zero-order valence-corrected chi connectivity index (χ0v) is 29.3. The van der Waals surface area contributed by atoms with Crippen LogP contribution in [0, 0.1) is 11.6 Å². The van der Waals surface area contributed by atoms with Crippen LogP contribution in [0.25, 0.3) is 0 Å². The molecule has 0 unspecified atom stereocenters. The van der Waals surface area contributed by atoms with Crippen molar-refractivity contribution in [3.05, 3.63) is 112 Å². The number of anilines is 3. The average molecular weight is 759 g/mol. The van der Waals surface area contributed by atoms with Crippen LogP contribution in [-0.2, 0) is 29.8 Å². The predicted octanol–water partition coefficient (Wildman–Crippen LogP) is 6.95. The molecule has 0 atom stereocenters. The Morgan fingerprint density at radius 1 is 0.981 bits per heavy atom. The minimum Gasteiger partial charge on any atom is -0.481 e. The molecule has 1 aliphatic heterocycles. The number of halogens is 5. The van der Waals surface area contributed by atoms with Crippen molar-refractivity contribution in [3.8, 4) is 5.88 Å². The number of aryl methyl sites for hydroxylation is 1. The Labute approximate surface area is 305 Å². The molecule has 1 aromatic heterocycles. The first-order chi connectivity index (χ1) is 25.2. The first-order valence-corrected chi connectivity index (χ1v) is 16.3. The third-order valence-corrected chi connectivity index (χ3v) is 8.25. The van der Waals surface area contributed by atoms with Crippen LogP contribution in [0.3, 0.4) is 0 Å². The molecule has 286 valence electrons. The van der Waals surface area contributed by atoms with Crippen molar-refractivity contribution in [2.45, 2.75) is 57.8 Å². The molecule has 0 radical (unpaired) electrons. The zero-order valence-electron chi connectivity index (χ0n) is 29.3. The fourth-order valence-corrected chi connectivity index (χ4v) is 5.84. The maximum atomic E-state index is 14.5. The highest BCUT2D eigenvalue weighted by Gasteiger charge is 2.49. The van der Waals surface area contributed by atoms with E-state index in [0.717, 1.165) is 17.0 Å². The number of pyridine rings is 1. The van der Waals surface area contributed by atoms with Gasteiger partial charge < -0.3 is 35.0 Å². The second kappa shape index (κ2) is 14.9. The van der Waals surface area contributed by atoms with Crippen molar-refractivity contribution in [3.63, 3.8) is 0 Å². The Morgan fingerprint density at radius 2 is 1.69 bits per heavy atom. The SMILES string of the molecule is COc1ccc(N2C(=O)c3ccccc3C2(O)O)c(CN(CCCc2cc(F)ccc2Nc2cc(C(F)(F)F)c(F)cc2C(=O)O)C(=O)OC(C)(C)C)n1. The summed E-state index contributed by atoms with van der Waals surface area (Å²) in [6, 6.07) is 12.4. The molecule has 5 rings (SSSR count). The van der Waals surface area contributed by atoms with E-state index in [2.05, 4.69) is 10.3 Å². The van der Waals surface area contributed by atoms with E-state index in [1.54, 1.807) is 26.8 Å². The Kier molecular flexibility index (Phi) is 10.9. The summed E-state index contributed by atoms with van der Waals surface area (Å²) in [5, 5.41) is 34.5. The number of hydrogen-bond acceptors (Lipinski definition) is 9. The largest absolute Gasteiger partial charge is 0.481 e. The highest BCUT2D eigenvalue weighted by molar-refractivity contribution is 6.11. The fraction of sp³-hybridized carbons (Fsp3) is 0.297. The molecule has 0 aliphatic carbocycles. The number of carbonyl (C=O) groups excluding carboxylic acids is 2. The molecule has 0 bridgehead atoms.